The lowest BCUT2D eigenvalue weighted by atomic mass is 10.3. The van der Waals surface area contributed by atoms with Gasteiger partial charge in [-0.15, -0.1) is 0 Å². The Balaban J connectivity index is 1.95. The largest absolute Gasteiger partial charge is 0.332 e. The summed E-state index contributed by atoms with van der Waals surface area (Å²) in [5.74, 6) is -0.583. The average Bonchev–Trinajstić information content (AvgIpc) is 2.42. The number of anilines is 1. The summed E-state index contributed by atoms with van der Waals surface area (Å²) in [5.41, 5.74) is 0.667. The number of nitrogens with zero attached hydrogens (tertiary/aromatic N) is 1. The Morgan fingerprint density at radius 3 is 2.79 bits per heavy atom. The molecule has 0 atom stereocenters. The molecule has 1 heterocycles. The highest BCUT2D eigenvalue weighted by Crippen LogP contribution is 2.24. The third kappa shape index (κ3) is 3.66. The van der Waals surface area contributed by atoms with Gasteiger partial charge in [0, 0.05) is 6.20 Å². The summed E-state index contributed by atoms with van der Waals surface area (Å²) < 4.78 is 13.4. The molecule has 0 radical (unpaired) electrons. The van der Waals surface area contributed by atoms with Gasteiger partial charge in [-0.05, 0) is 24.3 Å². The monoisotopic (exact) mass is 279 g/mol. The van der Waals surface area contributed by atoms with Crippen molar-refractivity contribution in [1.29, 1.82) is 0 Å². The zero-order valence-corrected chi connectivity index (χ0v) is 10.6. The Bertz CT molecular complexity index is 557. The van der Waals surface area contributed by atoms with Crippen LogP contribution in [-0.4, -0.2) is 11.0 Å². The van der Waals surface area contributed by atoms with Crippen LogP contribution in [0.25, 0.3) is 0 Å². The van der Waals surface area contributed by atoms with E-state index in [2.05, 4.69) is 15.6 Å². The van der Waals surface area contributed by atoms with Crippen molar-refractivity contribution in [1.82, 2.24) is 10.3 Å². The molecule has 1 aromatic carbocycles. The fraction of sp³-hybridized carbons (Fsp3) is 0.0769. The van der Waals surface area contributed by atoms with Gasteiger partial charge in [0.25, 0.3) is 0 Å². The van der Waals surface area contributed by atoms with Gasteiger partial charge in [-0.3, -0.25) is 4.98 Å². The number of hydrogen-bond acceptors (Lipinski definition) is 2. The maximum absolute atomic E-state index is 13.4. The van der Waals surface area contributed by atoms with Gasteiger partial charge >= 0.3 is 6.03 Å². The molecule has 19 heavy (non-hydrogen) atoms. The zero-order valence-electron chi connectivity index (χ0n) is 9.86. The van der Waals surface area contributed by atoms with Crippen LogP contribution < -0.4 is 10.6 Å². The minimum Gasteiger partial charge on any atom is -0.332 e. The lowest BCUT2D eigenvalue weighted by Crippen LogP contribution is -2.29. The van der Waals surface area contributed by atoms with Crippen molar-refractivity contribution in [3.63, 3.8) is 0 Å². The smallest absolute Gasteiger partial charge is 0.319 e. The minimum absolute atomic E-state index is 0.0392. The predicted molar refractivity (Wildman–Crippen MR) is 71.5 cm³/mol. The first kappa shape index (κ1) is 13.3. The maximum Gasteiger partial charge on any atom is 0.319 e. The number of aromatic nitrogens is 1. The summed E-state index contributed by atoms with van der Waals surface area (Å²) in [4.78, 5) is 15.7. The number of para-hydroxylation sites is 1. The number of carbonyl (C=O) groups is 1. The van der Waals surface area contributed by atoms with E-state index in [0.717, 1.165) is 0 Å². The second kappa shape index (κ2) is 6.15. The van der Waals surface area contributed by atoms with Crippen LogP contribution in [0.2, 0.25) is 5.02 Å². The maximum atomic E-state index is 13.4. The van der Waals surface area contributed by atoms with Crippen molar-refractivity contribution in [2.75, 3.05) is 5.32 Å². The van der Waals surface area contributed by atoms with Crippen LogP contribution in [0.3, 0.4) is 0 Å². The standard InChI is InChI=1S/C13H11ClFN3O/c14-10-5-3-6-11(15)12(10)18-13(19)17-8-9-4-1-2-7-16-9/h1-7H,8H2,(H2,17,18,19). The Hall–Kier alpha value is -2.14. The summed E-state index contributed by atoms with van der Waals surface area (Å²) in [7, 11) is 0. The molecule has 0 unspecified atom stereocenters. The van der Waals surface area contributed by atoms with Crippen LogP contribution in [0.1, 0.15) is 5.69 Å². The van der Waals surface area contributed by atoms with E-state index in [9.17, 15) is 9.18 Å². The second-order valence-corrected chi connectivity index (χ2v) is 4.13. The topological polar surface area (TPSA) is 54.0 Å². The van der Waals surface area contributed by atoms with Crippen LogP contribution in [0, 0.1) is 5.82 Å². The highest BCUT2D eigenvalue weighted by atomic mass is 35.5. The normalized spacial score (nSPS) is 10.0. The lowest BCUT2D eigenvalue weighted by Gasteiger charge is -2.09. The van der Waals surface area contributed by atoms with Gasteiger partial charge < -0.3 is 10.6 Å². The van der Waals surface area contributed by atoms with E-state index in [-0.39, 0.29) is 17.3 Å². The van der Waals surface area contributed by atoms with Gasteiger partial charge in [0.15, 0.2) is 0 Å². The summed E-state index contributed by atoms with van der Waals surface area (Å²) in [6.45, 7) is 0.249. The number of nitrogens with one attached hydrogen (secondary N) is 2. The summed E-state index contributed by atoms with van der Waals surface area (Å²) in [6, 6.07) is 9.01. The molecule has 0 aliphatic carbocycles. The number of carbonyl (C=O) groups excluding carboxylic acids is 1. The van der Waals surface area contributed by atoms with Crippen LogP contribution >= 0.6 is 11.6 Å². The molecule has 6 heteroatoms. The summed E-state index contributed by atoms with van der Waals surface area (Å²) in [5, 5.41) is 5.07. The van der Waals surface area contributed by atoms with Crippen molar-refractivity contribution in [2.45, 2.75) is 6.54 Å². The summed E-state index contributed by atoms with van der Waals surface area (Å²) >= 11 is 5.80. The molecule has 0 fully saturated rings. The highest BCUT2D eigenvalue weighted by molar-refractivity contribution is 6.33. The van der Waals surface area contributed by atoms with Crippen molar-refractivity contribution >= 4 is 23.3 Å². The van der Waals surface area contributed by atoms with Crippen molar-refractivity contribution in [3.05, 3.63) is 59.1 Å². The van der Waals surface area contributed by atoms with E-state index in [1.54, 1.807) is 18.3 Å². The van der Waals surface area contributed by atoms with Gasteiger partial charge in [-0.25, -0.2) is 9.18 Å². The molecule has 0 aliphatic heterocycles. The van der Waals surface area contributed by atoms with Crippen molar-refractivity contribution in [2.24, 2.45) is 0 Å². The number of pyridine rings is 1. The number of benzene rings is 1. The van der Waals surface area contributed by atoms with E-state index in [0.29, 0.717) is 5.69 Å². The average molecular weight is 280 g/mol. The number of halogens is 2. The third-order valence-electron chi connectivity index (χ3n) is 2.36. The first-order chi connectivity index (χ1) is 9.16. The van der Waals surface area contributed by atoms with Crippen molar-refractivity contribution < 1.29 is 9.18 Å². The molecule has 98 valence electrons. The molecule has 2 N–H and O–H groups in total. The minimum atomic E-state index is -0.583. The fourth-order valence-corrected chi connectivity index (χ4v) is 1.66. The first-order valence-electron chi connectivity index (χ1n) is 5.55. The Kier molecular flexibility index (Phi) is 4.30. The molecule has 2 amide bonds. The number of amides is 2. The molecule has 0 spiro atoms. The van der Waals surface area contributed by atoms with Crippen LogP contribution in [0.4, 0.5) is 14.9 Å². The van der Waals surface area contributed by atoms with Gasteiger partial charge in [0.05, 0.1) is 22.9 Å². The van der Waals surface area contributed by atoms with Gasteiger partial charge in [-0.2, -0.15) is 0 Å². The van der Waals surface area contributed by atoms with E-state index < -0.39 is 11.8 Å². The van der Waals surface area contributed by atoms with Crippen molar-refractivity contribution in [3.8, 4) is 0 Å². The second-order valence-electron chi connectivity index (χ2n) is 3.73. The van der Waals surface area contributed by atoms with E-state index in [1.165, 1.54) is 18.2 Å². The molecule has 0 aliphatic rings. The molecular formula is C13H11ClFN3O. The SMILES string of the molecule is O=C(NCc1ccccn1)Nc1c(F)cccc1Cl. The Morgan fingerprint density at radius 1 is 1.26 bits per heavy atom. The summed E-state index contributed by atoms with van der Waals surface area (Å²) in [6.07, 6.45) is 1.63. The molecule has 2 aromatic rings. The van der Waals surface area contributed by atoms with E-state index in [4.69, 9.17) is 11.6 Å². The molecule has 1 aromatic heterocycles. The zero-order chi connectivity index (χ0) is 13.7. The Labute approximate surface area is 114 Å². The van der Waals surface area contributed by atoms with E-state index in [1.807, 2.05) is 6.07 Å². The third-order valence-corrected chi connectivity index (χ3v) is 2.67. The molecule has 0 saturated carbocycles. The number of rotatable bonds is 3. The number of urea groups is 1. The van der Waals surface area contributed by atoms with Gasteiger partial charge in [-0.1, -0.05) is 23.7 Å². The predicted octanol–water partition coefficient (Wildman–Crippen LogP) is 3.20. The molecule has 2 rings (SSSR count). The molecular weight excluding hydrogens is 269 g/mol. The Morgan fingerprint density at radius 2 is 2.11 bits per heavy atom. The van der Waals surface area contributed by atoms with Crippen LogP contribution in [-0.2, 0) is 6.54 Å². The first-order valence-corrected chi connectivity index (χ1v) is 5.93. The molecule has 0 bridgehead atoms. The lowest BCUT2D eigenvalue weighted by molar-refractivity contribution is 0.251. The van der Waals surface area contributed by atoms with Crippen LogP contribution in [0.5, 0.6) is 0 Å². The highest BCUT2D eigenvalue weighted by Gasteiger charge is 2.10. The molecule has 4 nitrogen and oxygen atoms in total. The van der Waals surface area contributed by atoms with Gasteiger partial charge in [0.2, 0.25) is 0 Å². The fourth-order valence-electron chi connectivity index (χ4n) is 1.45. The van der Waals surface area contributed by atoms with E-state index >= 15 is 0 Å². The van der Waals surface area contributed by atoms with Crippen LogP contribution in [0.15, 0.2) is 42.6 Å². The quantitative estimate of drug-likeness (QED) is 0.906. The number of hydrogen-bond donors (Lipinski definition) is 2. The van der Waals surface area contributed by atoms with Gasteiger partial charge in [0.1, 0.15) is 5.82 Å². The molecule has 0 saturated heterocycles.